The first-order chi connectivity index (χ1) is 5.71. The molecule has 0 unspecified atom stereocenters. The first-order valence-corrected chi connectivity index (χ1v) is 3.70. The summed E-state index contributed by atoms with van der Waals surface area (Å²) < 4.78 is 0. The molecule has 13 heavy (non-hydrogen) atoms. The Morgan fingerprint density at radius 2 is 1.69 bits per heavy atom. The van der Waals surface area contributed by atoms with Crippen LogP contribution in [0.2, 0.25) is 0 Å². The number of aliphatic carboxylic acids is 1. The maximum absolute atomic E-state index is 10.3. The van der Waals surface area contributed by atoms with E-state index in [0.29, 0.717) is 0 Å². The standard InChI is InChI=1S/C7H14O6/c1-3(8)4(9)7(2,13)5(10)6(11)12/h3-5,8-10,13H,1-2H3,(H,11,12)/t3-,4-,5+,7+/m1/s1. The maximum atomic E-state index is 10.3. The number of rotatable bonds is 4. The number of carbonyl (C=O) groups is 1. The molecule has 0 aliphatic rings. The monoisotopic (exact) mass is 194 g/mol. The van der Waals surface area contributed by atoms with Crippen LogP contribution in [-0.2, 0) is 4.79 Å². The van der Waals surface area contributed by atoms with Gasteiger partial charge in [0.25, 0.3) is 0 Å². The Bertz CT molecular complexity index is 187. The van der Waals surface area contributed by atoms with E-state index < -0.39 is 29.9 Å². The van der Waals surface area contributed by atoms with Gasteiger partial charge in [0.15, 0.2) is 6.10 Å². The van der Waals surface area contributed by atoms with Crippen molar-refractivity contribution < 1.29 is 30.3 Å². The van der Waals surface area contributed by atoms with Gasteiger partial charge in [-0.2, -0.15) is 0 Å². The summed E-state index contributed by atoms with van der Waals surface area (Å²) >= 11 is 0. The van der Waals surface area contributed by atoms with Gasteiger partial charge in [0.05, 0.1) is 6.10 Å². The number of hydrogen-bond donors (Lipinski definition) is 5. The quantitative estimate of drug-likeness (QED) is 0.350. The molecule has 0 amide bonds. The minimum absolute atomic E-state index is 0.934. The van der Waals surface area contributed by atoms with Gasteiger partial charge in [0.1, 0.15) is 11.7 Å². The van der Waals surface area contributed by atoms with Crippen LogP contribution in [0.1, 0.15) is 13.8 Å². The molecule has 4 atom stereocenters. The van der Waals surface area contributed by atoms with Crippen LogP contribution in [0.3, 0.4) is 0 Å². The van der Waals surface area contributed by atoms with Crippen molar-refractivity contribution in [3.63, 3.8) is 0 Å². The molecule has 0 heterocycles. The lowest BCUT2D eigenvalue weighted by molar-refractivity contribution is -0.186. The minimum Gasteiger partial charge on any atom is -0.479 e. The van der Waals surface area contributed by atoms with E-state index in [1.165, 1.54) is 6.92 Å². The van der Waals surface area contributed by atoms with Crippen molar-refractivity contribution in [2.45, 2.75) is 37.8 Å². The largest absolute Gasteiger partial charge is 0.479 e. The van der Waals surface area contributed by atoms with Crippen LogP contribution in [-0.4, -0.2) is 55.4 Å². The van der Waals surface area contributed by atoms with E-state index in [4.69, 9.17) is 20.4 Å². The number of aliphatic hydroxyl groups excluding tert-OH is 3. The van der Waals surface area contributed by atoms with Crippen LogP contribution in [0, 0.1) is 0 Å². The third-order valence-corrected chi connectivity index (χ3v) is 1.84. The summed E-state index contributed by atoms with van der Waals surface area (Å²) in [6.45, 7) is 2.11. The Morgan fingerprint density at radius 1 is 1.31 bits per heavy atom. The van der Waals surface area contributed by atoms with Gasteiger partial charge in [-0.05, 0) is 13.8 Å². The van der Waals surface area contributed by atoms with Gasteiger partial charge < -0.3 is 25.5 Å². The Balaban J connectivity index is 4.64. The van der Waals surface area contributed by atoms with Gasteiger partial charge in [-0.3, -0.25) is 0 Å². The van der Waals surface area contributed by atoms with E-state index in [1.807, 2.05) is 0 Å². The molecule has 0 aromatic rings. The molecule has 5 N–H and O–H groups in total. The molecule has 0 spiro atoms. The lowest BCUT2D eigenvalue weighted by Crippen LogP contribution is -2.56. The van der Waals surface area contributed by atoms with Crippen molar-refractivity contribution in [3.8, 4) is 0 Å². The topological polar surface area (TPSA) is 118 Å². The molecule has 0 rings (SSSR count). The molecule has 0 aromatic carbocycles. The first kappa shape index (κ1) is 12.3. The van der Waals surface area contributed by atoms with Gasteiger partial charge in [-0.15, -0.1) is 0 Å². The van der Waals surface area contributed by atoms with Crippen molar-refractivity contribution >= 4 is 5.97 Å². The lowest BCUT2D eigenvalue weighted by atomic mass is 9.89. The fourth-order valence-corrected chi connectivity index (χ4v) is 0.900. The minimum atomic E-state index is -2.28. The fraction of sp³-hybridized carbons (Fsp3) is 0.857. The smallest absolute Gasteiger partial charge is 0.335 e. The Kier molecular flexibility index (Phi) is 3.80. The number of aliphatic hydroxyl groups is 4. The second-order valence-corrected chi connectivity index (χ2v) is 3.15. The highest BCUT2D eigenvalue weighted by atomic mass is 16.4. The van der Waals surface area contributed by atoms with E-state index in [2.05, 4.69) is 0 Å². The third kappa shape index (κ3) is 2.63. The van der Waals surface area contributed by atoms with Crippen LogP contribution >= 0.6 is 0 Å². The molecule has 6 nitrogen and oxygen atoms in total. The average molecular weight is 194 g/mol. The maximum Gasteiger partial charge on any atom is 0.335 e. The van der Waals surface area contributed by atoms with Crippen molar-refractivity contribution in [1.82, 2.24) is 0 Å². The summed E-state index contributed by atoms with van der Waals surface area (Å²) in [5, 5.41) is 44.7. The molecule has 0 bridgehead atoms. The van der Waals surface area contributed by atoms with Crippen LogP contribution < -0.4 is 0 Å². The molecule has 0 saturated carbocycles. The summed E-state index contributed by atoms with van der Waals surface area (Å²) in [4.78, 5) is 10.3. The van der Waals surface area contributed by atoms with E-state index in [1.54, 1.807) is 0 Å². The van der Waals surface area contributed by atoms with E-state index in [-0.39, 0.29) is 0 Å². The SMILES string of the molecule is C[C@@H](O)[C@@H](O)[C@](C)(O)[C@@H](O)C(=O)O. The molecule has 0 aliphatic heterocycles. The number of carboxylic acid groups (broad SMARTS) is 1. The second kappa shape index (κ2) is 4.01. The lowest BCUT2D eigenvalue weighted by Gasteiger charge is -2.32. The van der Waals surface area contributed by atoms with Crippen molar-refractivity contribution in [2.75, 3.05) is 0 Å². The van der Waals surface area contributed by atoms with Crippen LogP contribution in [0.15, 0.2) is 0 Å². The van der Waals surface area contributed by atoms with Gasteiger partial charge in [-0.1, -0.05) is 0 Å². The number of carboxylic acids is 1. The summed E-state index contributed by atoms with van der Waals surface area (Å²) in [7, 11) is 0. The fourth-order valence-electron chi connectivity index (χ4n) is 0.900. The highest BCUT2D eigenvalue weighted by Gasteiger charge is 2.44. The Morgan fingerprint density at radius 3 is 1.92 bits per heavy atom. The van der Waals surface area contributed by atoms with Crippen molar-refractivity contribution in [3.05, 3.63) is 0 Å². The van der Waals surface area contributed by atoms with Crippen LogP contribution in [0.4, 0.5) is 0 Å². The molecule has 0 aromatic heterocycles. The molecule has 6 heteroatoms. The highest BCUT2D eigenvalue weighted by Crippen LogP contribution is 2.18. The van der Waals surface area contributed by atoms with Crippen molar-refractivity contribution in [1.29, 1.82) is 0 Å². The predicted molar refractivity (Wildman–Crippen MR) is 42.0 cm³/mol. The van der Waals surface area contributed by atoms with Gasteiger partial charge in [0.2, 0.25) is 0 Å². The first-order valence-electron chi connectivity index (χ1n) is 3.70. The zero-order valence-corrected chi connectivity index (χ0v) is 7.38. The van der Waals surface area contributed by atoms with Gasteiger partial charge >= 0.3 is 5.97 Å². The second-order valence-electron chi connectivity index (χ2n) is 3.15. The zero-order chi connectivity index (χ0) is 10.8. The van der Waals surface area contributed by atoms with E-state index in [0.717, 1.165) is 6.92 Å². The van der Waals surface area contributed by atoms with Gasteiger partial charge in [0, 0.05) is 0 Å². The summed E-state index contributed by atoms with van der Waals surface area (Å²) in [5.41, 5.74) is -2.28. The molecular weight excluding hydrogens is 180 g/mol. The zero-order valence-electron chi connectivity index (χ0n) is 7.38. The van der Waals surface area contributed by atoms with Crippen LogP contribution in [0.5, 0.6) is 0 Å². The molecular formula is C7H14O6. The summed E-state index contributed by atoms with van der Waals surface area (Å²) in [6.07, 6.45) is -5.19. The predicted octanol–water partition coefficient (Wildman–Crippen LogP) is -2.08. The molecule has 0 aliphatic carbocycles. The van der Waals surface area contributed by atoms with E-state index >= 15 is 0 Å². The highest BCUT2D eigenvalue weighted by molar-refractivity contribution is 5.73. The normalized spacial score (nSPS) is 22.9. The van der Waals surface area contributed by atoms with Crippen LogP contribution in [0.25, 0.3) is 0 Å². The molecule has 78 valence electrons. The molecule has 0 radical (unpaired) electrons. The van der Waals surface area contributed by atoms with E-state index in [9.17, 15) is 9.90 Å². The average Bonchev–Trinajstić information content (AvgIpc) is 2.01. The Labute approximate surface area is 75.1 Å². The van der Waals surface area contributed by atoms with Crippen molar-refractivity contribution in [2.24, 2.45) is 0 Å². The Hall–Kier alpha value is -0.690. The summed E-state index contributed by atoms with van der Waals surface area (Å²) in [6, 6.07) is 0. The number of hydrogen-bond acceptors (Lipinski definition) is 5. The molecule has 0 fully saturated rings. The summed E-state index contributed by atoms with van der Waals surface area (Å²) in [5.74, 6) is -1.66. The molecule has 0 saturated heterocycles. The third-order valence-electron chi connectivity index (χ3n) is 1.84. The van der Waals surface area contributed by atoms with Gasteiger partial charge in [-0.25, -0.2) is 4.79 Å².